The second kappa shape index (κ2) is 3.93. The maximum atomic E-state index is 11.1. The Bertz CT molecular complexity index is 506. The maximum Gasteiger partial charge on any atom is 0.377 e. The summed E-state index contributed by atoms with van der Waals surface area (Å²) < 4.78 is 5.72. The van der Waals surface area contributed by atoms with Gasteiger partial charge in [-0.3, -0.25) is 0 Å². The third kappa shape index (κ3) is 1.80. The van der Waals surface area contributed by atoms with Gasteiger partial charge in [-0.2, -0.15) is 4.68 Å². The van der Waals surface area contributed by atoms with Crippen LogP contribution in [0.3, 0.4) is 0 Å². The normalized spacial score (nSPS) is 10.1. The largest absolute Gasteiger partial charge is 0.463 e. The molecule has 8 nitrogen and oxygen atoms in total. The summed E-state index contributed by atoms with van der Waals surface area (Å²) in [6.45, 7) is 0. The molecule has 0 aromatic carbocycles. The average Bonchev–Trinajstić information content (AvgIpc) is 2.78. The molecule has 2 rings (SSSR count). The molecule has 0 saturated heterocycles. The van der Waals surface area contributed by atoms with Crippen molar-refractivity contribution in [1.29, 1.82) is 0 Å². The van der Waals surface area contributed by atoms with E-state index in [4.69, 9.17) is 5.73 Å². The lowest BCUT2D eigenvalue weighted by molar-refractivity contribution is 0.0587. The highest BCUT2D eigenvalue weighted by atomic mass is 16.5. The van der Waals surface area contributed by atoms with E-state index in [0.29, 0.717) is 5.69 Å². The number of carbonyl (C=O) groups is 1. The molecule has 2 aromatic heterocycles. The van der Waals surface area contributed by atoms with Gasteiger partial charge in [0.05, 0.1) is 25.2 Å². The van der Waals surface area contributed by atoms with E-state index in [1.54, 1.807) is 0 Å². The first-order chi connectivity index (χ1) is 7.70. The van der Waals surface area contributed by atoms with Crippen LogP contribution >= 0.6 is 0 Å². The van der Waals surface area contributed by atoms with E-state index in [-0.39, 0.29) is 11.8 Å². The number of nitrogens with zero attached hydrogens (tertiary/aromatic N) is 5. The second-order valence-corrected chi connectivity index (χ2v) is 2.82. The number of nitrogens with two attached hydrogens (primary N) is 1. The van der Waals surface area contributed by atoms with E-state index in [0.717, 1.165) is 0 Å². The standard InChI is InChI=1S/C8H8N6O2/c1-16-7(15)6-12-4-14(13-6)8-10-2-5(9)3-11-8/h2-4H,9H2,1H3. The Hall–Kier alpha value is -2.51. The summed E-state index contributed by atoms with van der Waals surface area (Å²) >= 11 is 0. The number of methoxy groups -OCH3 is 1. The van der Waals surface area contributed by atoms with Crippen LogP contribution in [0.15, 0.2) is 18.7 Å². The van der Waals surface area contributed by atoms with Crippen LogP contribution in [0, 0.1) is 0 Å². The Morgan fingerprint density at radius 3 is 2.69 bits per heavy atom. The molecule has 2 aromatic rings. The van der Waals surface area contributed by atoms with Crippen molar-refractivity contribution in [3.8, 4) is 5.95 Å². The minimum absolute atomic E-state index is 0.0528. The fourth-order valence-electron chi connectivity index (χ4n) is 0.994. The molecule has 8 heteroatoms. The van der Waals surface area contributed by atoms with E-state index in [1.807, 2.05) is 0 Å². The molecule has 0 unspecified atom stereocenters. The van der Waals surface area contributed by atoms with Gasteiger partial charge in [-0.15, -0.1) is 5.10 Å². The maximum absolute atomic E-state index is 11.1. The number of hydrogen-bond acceptors (Lipinski definition) is 7. The summed E-state index contributed by atoms with van der Waals surface area (Å²) in [6, 6.07) is 0. The topological polar surface area (TPSA) is 109 Å². The van der Waals surface area contributed by atoms with E-state index < -0.39 is 5.97 Å². The number of aromatic nitrogens is 5. The molecular formula is C8H8N6O2. The second-order valence-electron chi connectivity index (χ2n) is 2.82. The molecule has 0 radical (unpaired) electrons. The van der Waals surface area contributed by atoms with Crippen LogP contribution in [-0.2, 0) is 4.74 Å². The number of esters is 1. The zero-order valence-corrected chi connectivity index (χ0v) is 8.36. The SMILES string of the molecule is COC(=O)c1ncn(-c2ncc(N)cn2)n1. The van der Waals surface area contributed by atoms with Crippen LogP contribution in [0.4, 0.5) is 5.69 Å². The Morgan fingerprint density at radius 1 is 1.38 bits per heavy atom. The average molecular weight is 220 g/mol. The third-order valence-corrected chi connectivity index (χ3v) is 1.72. The number of nitrogen functional groups attached to an aromatic ring is 1. The van der Waals surface area contributed by atoms with Crippen molar-refractivity contribution in [1.82, 2.24) is 24.7 Å². The Labute approximate surface area is 90.1 Å². The molecule has 0 aliphatic rings. The van der Waals surface area contributed by atoms with Gasteiger partial charge < -0.3 is 10.5 Å². The molecular weight excluding hydrogens is 212 g/mol. The highest BCUT2D eigenvalue weighted by Gasteiger charge is 2.12. The van der Waals surface area contributed by atoms with Crippen LogP contribution in [0.5, 0.6) is 0 Å². The van der Waals surface area contributed by atoms with Crippen molar-refractivity contribution in [2.45, 2.75) is 0 Å². The molecule has 0 saturated carbocycles. The van der Waals surface area contributed by atoms with Crippen LogP contribution in [-0.4, -0.2) is 37.8 Å². The highest BCUT2D eigenvalue weighted by Crippen LogP contribution is 2.01. The van der Waals surface area contributed by atoms with Gasteiger partial charge in [-0.1, -0.05) is 0 Å². The fraction of sp³-hybridized carbons (Fsp3) is 0.125. The van der Waals surface area contributed by atoms with E-state index >= 15 is 0 Å². The summed E-state index contributed by atoms with van der Waals surface area (Å²) in [5.41, 5.74) is 5.88. The highest BCUT2D eigenvalue weighted by molar-refractivity contribution is 5.84. The van der Waals surface area contributed by atoms with Gasteiger partial charge in [-0.25, -0.2) is 19.7 Å². The Morgan fingerprint density at radius 2 is 2.06 bits per heavy atom. The zero-order valence-electron chi connectivity index (χ0n) is 8.36. The quantitative estimate of drug-likeness (QED) is 0.674. The number of rotatable bonds is 2. The smallest absolute Gasteiger partial charge is 0.377 e. The molecule has 2 heterocycles. The van der Waals surface area contributed by atoms with Crippen LogP contribution < -0.4 is 5.73 Å². The lowest BCUT2D eigenvalue weighted by Crippen LogP contribution is -2.06. The van der Waals surface area contributed by atoms with Crippen LogP contribution in [0.2, 0.25) is 0 Å². The van der Waals surface area contributed by atoms with Gasteiger partial charge in [0.1, 0.15) is 6.33 Å². The lowest BCUT2D eigenvalue weighted by Gasteiger charge is -1.97. The van der Waals surface area contributed by atoms with Gasteiger partial charge in [0.2, 0.25) is 0 Å². The molecule has 0 aliphatic heterocycles. The summed E-state index contributed by atoms with van der Waals surface area (Å²) in [5, 5.41) is 3.85. The molecule has 0 fully saturated rings. The van der Waals surface area contributed by atoms with Crippen LogP contribution in [0.25, 0.3) is 5.95 Å². The van der Waals surface area contributed by atoms with Gasteiger partial charge in [0, 0.05) is 0 Å². The van der Waals surface area contributed by atoms with Gasteiger partial charge in [0.15, 0.2) is 0 Å². The molecule has 16 heavy (non-hydrogen) atoms. The summed E-state index contributed by atoms with van der Waals surface area (Å²) in [5.74, 6) is -0.394. The lowest BCUT2D eigenvalue weighted by atomic mass is 10.6. The summed E-state index contributed by atoms with van der Waals surface area (Å²) in [7, 11) is 1.25. The van der Waals surface area contributed by atoms with Crippen molar-refractivity contribution < 1.29 is 9.53 Å². The number of carbonyl (C=O) groups excluding carboxylic acids is 1. The van der Waals surface area contributed by atoms with Gasteiger partial charge in [-0.05, 0) is 0 Å². The predicted octanol–water partition coefficient (Wildman–Crippen LogP) is -0.574. The molecule has 0 amide bonds. The Balaban J connectivity index is 2.31. The first kappa shape index (κ1) is 10.0. The van der Waals surface area contributed by atoms with Crippen molar-refractivity contribution >= 4 is 11.7 Å². The monoisotopic (exact) mass is 220 g/mol. The van der Waals surface area contributed by atoms with E-state index in [1.165, 1.54) is 30.5 Å². The number of ether oxygens (including phenoxy) is 1. The molecule has 82 valence electrons. The molecule has 0 atom stereocenters. The predicted molar refractivity (Wildman–Crippen MR) is 52.7 cm³/mol. The summed E-state index contributed by atoms with van der Waals surface area (Å²) in [4.78, 5) is 22.7. The Kier molecular flexibility index (Phi) is 2.46. The van der Waals surface area contributed by atoms with Crippen LogP contribution in [0.1, 0.15) is 10.6 Å². The minimum atomic E-state index is -0.616. The minimum Gasteiger partial charge on any atom is -0.463 e. The van der Waals surface area contributed by atoms with Crippen molar-refractivity contribution in [3.05, 3.63) is 24.5 Å². The van der Waals surface area contributed by atoms with Crippen molar-refractivity contribution in [2.24, 2.45) is 0 Å². The van der Waals surface area contributed by atoms with E-state index in [9.17, 15) is 4.79 Å². The first-order valence-electron chi connectivity index (χ1n) is 4.28. The van der Waals surface area contributed by atoms with Crippen molar-refractivity contribution in [2.75, 3.05) is 12.8 Å². The fourth-order valence-corrected chi connectivity index (χ4v) is 0.994. The van der Waals surface area contributed by atoms with Gasteiger partial charge >= 0.3 is 5.97 Å². The molecule has 0 aliphatic carbocycles. The molecule has 0 spiro atoms. The third-order valence-electron chi connectivity index (χ3n) is 1.72. The number of anilines is 1. The zero-order chi connectivity index (χ0) is 11.5. The molecule has 0 bridgehead atoms. The summed E-state index contributed by atoms with van der Waals surface area (Å²) in [6.07, 6.45) is 4.18. The van der Waals surface area contributed by atoms with Gasteiger partial charge in [0.25, 0.3) is 11.8 Å². The first-order valence-corrected chi connectivity index (χ1v) is 4.28. The van der Waals surface area contributed by atoms with Crippen molar-refractivity contribution in [3.63, 3.8) is 0 Å². The molecule has 2 N–H and O–H groups in total. The van der Waals surface area contributed by atoms with E-state index in [2.05, 4.69) is 24.8 Å². The number of hydrogen-bond donors (Lipinski definition) is 1.